The molecule has 4 heteroatoms. The molecule has 104 valence electrons. The van der Waals surface area contributed by atoms with Crippen LogP contribution >= 0.6 is 0 Å². The van der Waals surface area contributed by atoms with E-state index in [0.717, 1.165) is 18.5 Å². The minimum absolute atomic E-state index is 0.301. The molecule has 1 aromatic rings. The first-order chi connectivity index (χ1) is 9.19. The van der Waals surface area contributed by atoms with Crippen LogP contribution in [-0.2, 0) is 0 Å². The highest BCUT2D eigenvalue weighted by Gasteiger charge is 2.37. The maximum atomic E-state index is 13.5. The molecule has 19 heavy (non-hydrogen) atoms. The molecule has 2 aliphatic rings. The standard InChI is InChI=1S/C15H21FN2O/c1-19-15-9-13(5-6-14(15)16)18-11-3-2-4-12(18)8-10(17)7-11/h5-6,9-12H,2-4,7-8,17H2,1H3. The van der Waals surface area contributed by atoms with Crippen LogP contribution in [0.2, 0.25) is 0 Å². The highest BCUT2D eigenvalue weighted by Crippen LogP contribution is 2.38. The van der Waals surface area contributed by atoms with Gasteiger partial charge in [0, 0.05) is 29.9 Å². The molecule has 3 nitrogen and oxygen atoms in total. The zero-order valence-corrected chi connectivity index (χ0v) is 11.3. The molecule has 0 spiro atoms. The Balaban J connectivity index is 1.92. The maximum absolute atomic E-state index is 13.5. The smallest absolute Gasteiger partial charge is 0.165 e. The van der Waals surface area contributed by atoms with Crippen molar-refractivity contribution < 1.29 is 9.13 Å². The lowest BCUT2D eigenvalue weighted by Crippen LogP contribution is -2.55. The van der Waals surface area contributed by atoms with E-state index in [9.17, 15) is 4.39 Å². The number of fused-ring (bicyclic) bond motifs is 2. The largest absolute Gasteiger partial charge is 0.494 e. The number of hydrogen-bond donors (Lipinski definition) is 1. The second-order valence-electron chi connectivity index (χ2n) is 5.70. The van der Waals surface area contributed by atoms with Crippen molar-refractivity contribution in [1.82, 2.24) is 0 Å². The summed E-state index contributed by atoms with van der Waals surface area (Å²) in [5, 5.41) is 0. The summed E-state index contributed by atoms with van der Waals surface area (Å²) in [7, 11) is 1.51. The molecular formula is C15H21FN2O. The highest BCUT2D eigenvalue weighted by molar-refractivity contribution is 5.54. The quantitative estimate of drug-likeness (QED) is 0.892. The third-order valence-electron chi connectivity index (χ3n) is 4.44. The fourth-order valence-corrected chi connectivity index (χ4v) is 3.65. The Hall–Kier alpha value is -1.29. The predicted molar refractivity (Wildman–Crippen MR) is 74.1 cm³/mol. The molecule has 2 heterocycles. The van der Waals surface area contributed by atoms with Gasteiger partial charge in [-0.15, -0.1) is 0 Å². The van der Waals surface area contributed by atoms with Crippen LogP contribution in [0.25, 0.3) is 0 Å². The van der Waals surface area contributed by atoms with Crippen molar-refractivity contribution in [2.45, 2.75) is 50.2 Å². The van der Waals surface area contributed by atoms with Crippen LogP contribution in [0.3, 0.4) is 0 Å². The second kappa shape index (κ2) is 5.00. The van der Waals surface area contributed by atoms with Gasteiger partial charge in [-0.05, 0) is 44.2 Å². The number of benzene rings is 1. The number of nitrogens with two attached hydrogens (primary N) is 1. The van der Waals surface area contributed by atoms with E-state index in [0.29, 0.717) is 23.9 Å². The Kier molecular flexibility index (Phi) is 3.35. The number of piperidine rings is 2. The summed E-state index contributed by atoms with van der Waals surface area (Å²) in [4.78, 5) is 2.44. The van der Waals surface area contributed by atoms with Crippen LogP contribution in [0, 0.1) is 5.82 Å². The normalized spacial score (nSPS) is 30.3. The minimum atomic E-state index is -0.301. The fourth-order valence-electron chi connectivity index (χ4n) is 3.65. The number of hydrogen-bond acceptors (Lipinski definition) is 3. The first kappa shape index (κ1) is 12.7. The maximum Gasteiger partial charge on any atom is 0.165 e. The number of anilines is 1. The van der Waals surface area contributed by atoms with Crippen molar-refractivity contribution in [3.8, 4) is 5.75 Å². The average Bonchev–Trinajstić information content (AvgIpc) is 2.38. The lowest BCUT2D eigenvalue weighted by Gasteiger charge is -2.49. The number of methoxy groups -OCH3 is 1. The zero-order chi connectivity index (χ0) is 13.4. The molecule has 2 aliphatic heterocycles. The van der Waals surface area contributed by atoms with Gasteiger partial charge in [0.1, 0.15) is 0 Å². The van der Waals surface area contributed by atoms with E-state index in [2.05, 4.69) is 4.90 Å². The van der Waals surface area contributed by atoms with E-state index in [1.54, 1.807) is 0 Å². The van der Waals surface area contributed by atoms with Crippen molar-refractivity contribution in [3.05, 3.63) is 24.0 Å². The number of rotatable bonds is 2. The topological polar surface area (TPSA) is 38.5 Å². The summed E-state index contributed by atoms with van der Waals surface area (Å²) in [6, 6.07) is 6.49. The first-order valence-electron chi connectivity index (χ1n) is 7.06. The molecule has 2 unspecified atom stereocenters. The fraction of sp³-hybridized carbons (Fsp3) is 0.600. The van der Waals surface area contributed by atoms with Crippen molar-refractivity contribution in [1.29, 1.82) is 0 Å². The molecule has 0 amide bonds. The van der Waals surface area contributed by atoms with Gasteiger partial charge in [-0.25, -0.2) is 4.39 Å². The monoisotopic (exact) mass is 264 g/mol. The molecule has 1 aromatic carbocycles. The number of nitrogens with zero attached hydrogens (tertiary/aromatic N) is 1. The van der Waals surface area contributed by atoms with Crippen LogP contribution in [0.4, 0.5) is 10.1 Å². The molecule has 2 saturated heterocycles. The van der Waals surface area contributed by atoms with E-state index in [1.165, 1.54) is 32.4 Å². The molecule has 0 aromatic heterocycles. The minimum Gasteiger partial charge on any atom is -0.494 e. The molecule has 0 aliphatic carbocycles. The van der Waals surface area contributed by atoms with E-state index in [4.69, 9.17) is 10.5 Å². The Labute approximate surface area is 113 Å². The van der Waals surface area contributed by atoms with E-state index in [-0.39, 0.29) is 5.82 Å². The zero-order valence-electron chi connectivity index (χ0n) is 11.3. The van der Waals surface area contributed by atoms with Crippen molar-refractivity contribution in [3.63, 3.8) is 0 Å². The predicted octanol–water partition coefficient (Wildman–Crippen LogP) is 2.68. The van der Waals surface area contributed by atoms with Gasteiger partial charge in [0.15, 0.2) is 11.6 Å². The van der Waals surface area contributed by atoms with Crippen LogP contribution < -0.4 is 15.4 Å². The summed E-state index contributed by atoms with van der Waals surface area (Å²) in [5.74, 6) is 0.0237. The molecule has 2 bridgehead atoms. The van der Waals surface area contributed by atoms with Gasteiger partial charge in [0.2, 0.25) is 0 Å². The molecule has 0 saturated carbocycles. The molecule has 2 fully saturated rings. The van der Waals surface area contributed by atoms with E-state index in [1.807, 2.05) is 12.1 Å². The van der Waals surface area contributed by atoms with Crippen molar-refractivity contribution in [2.24, 2.45) is 5.73 Å². The van der Waals surface area contributed by atoms with Gasteiger partial charge in [0.05, 0.1) is 7.11 Å². The lowest BCUT2D eigenvalue weighted by atomic mass is 9.81. The van der Waals surface area contributed by atoms with Gasteiger partial charge in [-0.2, -0.15) is 0 Å². The molecule has 2 N–H and O–H groups in total. The van der Waals surface area contributed by atoms with Crippen LogP contribution in [0.15, 0.2) is 18.2 Å². The Morgan fingerprint density at radius 3 is 2.58 bits per heavy atom. The Morgan fingerprint density at radius 1 is 1.26 bits per heavy atom. The van der Waals surface area contributed by atoms with E-state index >= 15 is 0 Å². The number of ether oxygens (including phenoxy) is 1. The summed E-state index contributed by atoms with van der Waals surface area (Å²) in [6.45, 7) is 0. The molecule has 2 atom stereocenters. The third kappa shape index (κ3) is 2.29. The Bertz CT molecular complexity index is 451. The molecular weight excluding hydrogens is 243 g/mol. The van der Waals surface area contributed by atoms with Crippen LogP contribution in [-0.4, -0.2) is 25.2 Å². The van der Waals surface area contributed by atoms with Crippen LogP contribution in [0.1, 0.15) is 32.1 Å². The van der Waals surface area contributed by atoms with Gasteiger partial charge >= 0.3 is 0 Å². The van der Waals surface area contributed by atoms with Gasteiger partial charge in [0.25, 0.3) is 0 Å². The lowest BCUT2D eigenvalue weighted by molar-refractivity contribution is 0.271. The second-order valence-corrected chi connectivity index (χ2v) is 5.70. The summed E-state index contributed by atoms with van der Waals surface area (Å²) >= 11 is 0. The Morgan fingerprint density at radius 2 is 1.95 bits per heavy atom. The summed E-state index contributed by atoms with van der Waals surface area (Å²) in [5.41, 5.74) is 7.20. The summed E-state index contributed by atoms with van der Waals surface area (Å²) in [6.07, 6.45) is 5.72. The van der Waals surface area contributed by atoms with Gasteiger partial charge in [-0.1, -0.05) is 0 Å². The van der Waals surface area contributed by atoms with Crippen molar-refractivity contribution in [2.75, 3.05) is 12.0 Å². The van der Waals surface area contributed by atoms with Gasteiger partial charge < -0.3 is 15.4 Å². The first-order valence-corrected chi connectivity index (χ1v) is 7.06. The third-order valence-corrected chi connectivity index (χ3v) is 4.44. The number of halogens is 1. The highest BCUT2D eigenvalue weighted by atomic mass is 19.1. The van der Waals surface area contributed by atoms with Crippen LogP contribution in [0.5, 0.6) is 5.75 Å². The molecule has 0 radical (unpaired) electrons. The SMILES string of the molecule is COc1cc(N2C3CCCC2CC(N)C3)ccc1F. The average molecular weight is 264 g/mol. The van der Waals surface area contributed by atoms with E-state index < -0.39 is 0 Å². The van der Waals surface area contributed by atoms with Gasteiger partial charge in [-0.3, -0.25) is 0 Å². The summed E-state index contributed by atoms with van der Waals surface area (Å²) < 4.78 is 18.6. The van der Waals surface area contributed by atoms with Crippen molar-refractivity contribution >= 4 is 5.69 Å². The molecule has 3 rings (SSSR count).